The molecule has 0 unspecified atom stereocenters. The van der Waals surface area contributed by atoms with Gasteiger partial charge in [0.1, 0.15) is 0 Å². The summed E-state index contributed by atoms with van der Waals surface area (Å²) in [5, 5.41) is 0. The van der Waals surface area contributed by atoms with Gasteiger partial charge in [-0.05, 0) is 0 Å². The molecule has 0 fully saturated rings. The molecule has 0 saturated heterocycles. The van der Waals surface area contributed by atoms with Crippen LogP contribution >= 0.6 is 0 Å². The number of rotatable bonds is 1. The van der Waals surface area contributed by atoms with Gasteiger partial charge in [0.25, 0.3) is 0 Å². The molecule has 0 aromatic heterocycles. The highest BCUT2D eigenvalue weighted by molar-refractivity contribution is 5.16. The van der Waals surface area contributed by atoms with Crippen LogP contribution in [-0.4, -0.2) is 24.2 Å². The van der Waals surface area contributed by atoms with E-state index >= 15 is 0 Å². The molecule has 0 saturated carbocycles. The van der Waals surface area contributed by atoms with E-state index in [4.69, 9.17) is 0 Å². The second-order valence-electron chi connectivity index (χ2n) is 2.70. The van der Waals surface area contributed by atoms with Crippen LogP contribution in [0.15, 0.2) is 11.9 Å². The second kappa shape index (κ2) is 4.02. The van der Waals surface area contributed by atoms with E-state index in [2.05, 4.69) is 0 Å². The molecule has 0 rings (SSSR count). The largest absolute Gasteiger partial charge is 0.442 e. The lowest BCUT2D eigenvalue weighted by molar-refractivity contribution is -0.323. The van der Waals surface area contributed by atoms with Crippen LogP contribution in [-0.2, 0) is 0 Å². The molecular formula is C6HF11. The Kier molecular flexibility index (Phi) is 3.77. The predicted octanol–water partition coefficient (Wildman–Crippen LogP) is 4.24. The standard InChI is InChI=1S/C6HF11/c7-2(4(9,10)11)1-3(8,5(12,13)14)6(15,16)17/h1H/b2-1+. The molecule has 0 aliphatic rings. The first kappa shape index (κ1) is 16.0. The van der Waals surface area contributed by atoms with E-state index in [1.54, 1.807) is 0 Å². The monoisotopic (exact) mass is 282 g/mol. The Morgan fingerprint density at radius 1 is 0.647 bits per heavy atom. The van der Waals surface area contributed by atoms with Crippen molar-refractivity contribution in [3.8, 4) is 0 Å². The Balaban J connectivity index is 5.73. The maximum atomic E-state index is 12.5. The molecule has 0 N–H and O–H groups in total. The molecule has 0 aromatic rings. The van der Waals surface area contributed by atoms with Crippen molar-refractivity contribution in [3.63, 3.8) is 0 Å². The fourth-order valence-corrected chi connectivity index (χ4v) is 0.581. The summed E-state index contributed by atoms with van der Waals surface area (Å²) in [6.45, 7) is 0. The van der Waals surface area contributed by atoms with Crippen molar-refractivity contribution in [1.29, 1.82) is 0 Å². The van der Waals surface area contributed by atoms with E-state index in [1.165, 1.54) is 0 Å². The summed E-state index contributed by atoms with van der Waals surface area (Å²) < 4.78 is 129. The zero-order valence-corrected chi connectivity index (χ0v) is 7.23. The summed E-state index contributed by atoms with van der Waals surface area (Å²) in [4.78, 5) is 0. The van der Waals surface area contributed by atoms with Crippen molar-refractivity contribution >= 4 is 0 Å². The highest BCUT2D eigenvalue weighted by Gasteiger charge is 2.72. The summed E-state index contributed by atoms with van der Waals surface area (Å²) in [5.41, 5.74) is -6.40. The average Bonchev–Trinajstić information content (AvgIpc) is 1.97. The van der Waals surface area contributed by atoms with Gasteiger partial charge >= 0.3 is 24.2 Å². The number of hydrogen-bond acceptors (Lipinski definition) is 0. The van der Waals surface area contributed by atoms with Gasteiger partial charge in [0.15, 0.2) is 0 Å². The Labute approximate surface area is 85.7 Å². The van der Waals surface area contributed by atoms with Gasteiger partial charge in [-0.25, -0.2) is 8.78 Å². The van der Waals surface area contributed by atoms with Gasteiger partial charge in [-0.2, -0.15) is 39.5 Å². The quantitative estimate of drug-likeness (QED) is 0.631. The molecule has 0 aliphatic heterocycles. The molecule has 0 heterocycles. The topological polar surface area (TPSA) is 0 Å². The minimum absolute atomic E-state index is 2.19. The minimum atomic E-state index is -6.77. The van der Waals surface area contributed by atoms with Crippen molar-refractivity contribution in [2.24, 2.45) is 0 Å². The third kappa shape index (κ3) is 3.22. The van der Waals surface area contributed by atoms with Crippen LogP contribution in [0.2, 0.25) is 0 Å². The van der Waals surface area contributed by atoms with Crippen molar-refractivity contribution in [1.82, 2.24) is 0 Å². The van der Waals surface area contributed by atoms with Gasteiger partial charge < -0.3 is 0 Å². The van der Waals surface area contributed by atoms with Crippen molar-refractivity contribution in [3.05, 3.63) is 11.9 Å². The summed E-state index contributed by atoms with van der Waals surface area (Å²) >= 11 is 0. The fraction of sp³-hybridized carbons (Fsp3) is 0.667. The molecule has 11 heteroatoms. The zero-order chi connectivity index (χ0) is 14.3. The van der Waals surface area contributed by atoms with E-state index < -0.39 is 36.1 Å². The first-order valence-electron chi connectivity index (χ1n) is 3.41. The first-order valence-corrected chi connectivity index (χ1v) is 3.41. The molecule has 0 spiro atoms. The number of allylic oxidation sites excluding steroid dienone is 2. The van der Waals surface area contributed by atoms with Gasteiger partial charge in [-0.1, -0.05) is 0 Å². The zero-order valence-electron chi connectivity index (χ0n) is 7.23. The highest BCUT2D eigenvalue weighted by Crippen LogP contribution is 2.48. The van der Waals surface area contributed by atoms with E-state index in [9.17, 15) is 48.3 Å². The van der Waals surface area contributed by atoms with E-state index in [1.807, 2.05) is 0 Å². The summed E-state index contributed by atoms with van der Waals surface area (Å²) in [7, 11) is 0. The van der Waals surface area contributed by atoms with Gasteiger partial charge in [0.05, 0.1) is 0 Å². The van der Waals surface area contributed by atoms with Gasteiger partial charge in [-0.3, -0.25) is 0 Å². The van der Waals surface area contributed by atoms with Crippen LogP contribution in [0.3, 0.4) is 0 Å². The third-order valence-electron chi connectivity index (χ3n) is 1.42. The molecule has 0 bridgehead atoms. The summed E-state index contributed by atoms with van der Waals surface area (Å²) in [6.07, 6.45) is -21.9. The molecule has 0 aliphatic carbocycles. The Morgan fingerprint density at radius 2 is 0.941 bits per heavy atom. The predicted molar refractivity (Wildman–Crippen MR) is 31.2 cm³/mol. The SMILES string of the molecule is F/C(=C/C(F)(C(F)(F)F)C(F)(F)F)C(F)(F)F. The second-order valence-corrected chi connectivity index (χ2v) is 2.70. The molecular weight excluding hydrogens is 281 g/mol. The van der Waals surface area contributed by atoms with Crippen LogP contribution in [0.25, 0.3) is 0 Å². The van der Waals surface area contributed by atoms with Crippen molar-refractivity contribution < 1.29 is 48.3 Å². The van der Waals surface area contributed by atoms with E-state index in [0.717, 1.165) is 0 Å². The smallest absolute Gasteiger partial charge is 0.219 e. The van der Waals surface area contributed by atoms with Crippen LogP contribution in [0.4, 0.5) is 48.3 Å². The van der Waals surface area contributed by atoms with Crippen LogP contribution < -0.4 is 0 Å². The van der Waals surface area contributed by atoms with Gasteiger partial charge in [0.2, 0.25) is 5.83 Å². The Morgan fingerprint density at radius 3 is 1.12 bits per heavy atom. The van der Waals surface area contributed by atoms with E-state index in [-0.39, 0.29) is 0 Å². The number of halogens is 11. The highest BCUT2D eigenvalue weighted by atomic mass is 19.4. The van der Waals surface area contributed by atoms with Crippen LogP contribution in [0.5, 0.6) is 0 Å². The lowest BCUT2D eigenvalue weighted by Gasteiger charge is -2.27. The van der Waals surface area contributed by atoms with Gasteiger partial charge in [0, 0.05) is 6.08 Å². The number of hydrogen-bond donors (Lipinski definition) is 0. The fourth-order valence-electron chi connectivity index (χ4n) is 0.581. The summed E-state index contributed by atoms with van der Waals surface area (Å²) in [6, 6.07) is 0. The average molecular weight is 282 g/mol. The summed E-state index contributed by atoms with van der Waals surface area (Å²) in [5.74, 6) is -3.82. The molecule has 0 aromatic carbocycles. The minimum Gasteiger partial charge on any atom is -0.219 e. The lowest BCUT2D eigenvalue weighted by Crippen LogP contribution is -2.52. The van der Waals surface area contributed by atoms with E-state index in [0.29, 0.717) is 0 Å². The maximum absolute atomic E-state index is 12.5. The van der Waals surface area contributed by atoms with Crippen LogP contribution in [0, 0.1) is 0 Å². The normalized spacial score (nSPS) is 16.3. The molecule has 17 heavy (non-hydrogen) atoms. The third-order valence-corrected chi connectivity index (χ3v) is 1.42. The van der Waals surface area contributed by atoms with Crippen molar-refractivity contribution in [2.45, 2.75) is 24.2 Å². The van der Waals surface area contributed by atoms with Crippen molar-refractivity contribution in [2.75, 3.05) is 0 Å². The molecule has 0 amide bonds. The number of alkyl halides is 10. The first-order chi connectivity index (χ1) is 7.13. The Hall–Kier alpha value is -1.03. The molecule has 0 radical (unpaired) electrons. The lowest BCUT2D eigenvalue weighted by atomic mass is 10.0. The maximum Gasteiger partial charge on any atom is 0.442 e. The molecule has 102 valence electrons. The Bertz CT molecular complexity index is 285. The van der Waals surface area contributed by atoms with Gasteiger partial charge in [-0.15, -0.1) is 0 Å². The molecule has 0 atom stereocenters. The molecule has 0 nitrogen and oxygen atoms in total. The van der Waals surface area contributed by atoms with Crippen LogP contribution in [0.1, 0.15) is 0 Å².